The van der Waals surface area contributed by atoms with Crippen LogP contribution in [0.2, 0.25) is 0 Å². The Kier molecular flexibility index (Phi) is 5.10. The van der Waals surface area contributed by atoms with Crippen LogP contribution in [0.25, 0.3) is 0 Å². The predicted molar refractivity (Wildman–Crippen MR) is 36.4 cm³/mol. The smallest absolute Gasteiger partial charge is 0.302 e. The van der Waals surface area contributed by atoms with Crippen molar-refractivity contribution in [3.05, 3.63) is 0 Å². The third-order valence-electron chi connectivity index (χ3n) is 0.850. The lowest BCUT2D eigenvalue weighted by atomic mass is 10.4. The van der Waals surface area contributed by atoms with Crippen LogP contribution >= 0.6 is 0 Å². The quantitative estimate of drug-likeness (QED) is 0.450. The maximum atomic E-state index is 10.6. The summed E-state index contributed by atoms with van der Waals surface area (Å²) in [5, 5.41) is 0. The molecule has 0 aromatic carbocycles. The molecule has 0 aromatic rings. The number of amides is 1. The van der Waals surface area contributed by atoms with Crippen molar-refractivity contribution in [3.8, 4) is 0 Å². The second-order valence-electron chi connectivity index (χ2n) is 1.82. The lowest BCUT2D eigenvalue weighted by molar-refractivity contribution is -0.142. The Morgan fingerprint density at radius 2 is 2.09 bits per heavy atom. The standard InChI is InChI=1S/C6H11NO4/c1-5(8)11-4-3-6(9)7-10-2/h3-4H2,1-2H3,(H,7,9). The zero-order chi connectivity index (χ0) is 8.69. The summed E-state index contributed by atoms with van der Waals surface area (Å²) in [5.41, 5.74) is 2.09. The first-order valence-corrected chi connectivity index (χ1v) is 3.12. The van der Waals surface area contributed by atoms with E-state index in [9.17, 15) is 9.59 Å². The van der Waals surface area contributed by atoms with E-state index in [1.165, 1.54) is 14.0 Å². The van der Waals surface area contributed by atoms with E-state index in [1.54, 1.807) is 0 Å². The van der Waals surface area contributed by atoms with Gasteiger partial charge in [0.25, 0.3) is 0 Å². The fourth-order valence-electron chi connectivity index (χ4n) is 0.452. The molecule has 1 N–H and O–H groups in total. The minimum Gasteiger partial charge on any atom is -0.465 e. The zero-order valence-electron chi connectivity index (χ0n) is 6.55. The predicted octanol–water partition coefficient (Wildman–Crippen LogP) is -0.383. The largest absolute Gasteiger partial charge is 0.465 e. The highest BCUT2D eigenvalue weighted by Gasteiger charge is 2.00. The molecule has 11 heavy (non-hydrogen) atoms. The number of rotatable bonds is 4. The highest BCUT2D eigenvalue weighted by Crippen LogP contribution is 1.83. The minimum atomic E-state index is -0.393. The maximum absolute atomic E-state index is 10.6. The highest BCUT2D eigenvalue weighted by molar-refractivity contribution is 5.75. The average Bonchev–Trinajstić information content (AvgIpc) is 1.87. The van der Waals surface area contributed by atoms with E-state index in [1.807, 2.05) is 0 Å². The fourth-order valence-corrected chi connectivity index (χ4v) is 0.452. The van der Waals surface area contributed by atoms with Gasteiger partial charge in [-0.25, -0.2) is 5.48 Å². The molecule has 0 aliphatic rings. The molecule has 0 aliphatic carbocycles. The van der Waals surface area contributed by atoms with Crippen LogP contribution in [0.4, 0.5) is 0 Å². The van der Waals surface area contributed by atoms with Crippen molar-refractivity contribution in [3.63, 3.8) is 0 Å². The molecule has 1 amide bonds. The van der Waals surface area contributed by atoms with Gasteiger partial charge >= 0.3 is 5.97 Å². The molecule has 5 nitrogen and oxygen atoms in total. The topological polar surface area (TPSA) is 64.6 Å². The molecular formula is C6H11NO4. The Balaban J connectivity index is 3.24. The molecule has 0 spiro atoms. The molecule has 5 heteroatoms. The van der Waals surface area contributed by atoms with Gasteiger partial charge in [-0.3, -0.25) is 14.4 Å². The summed E-state index contributed by atoms with van der Waals surface area (Å²) >= 11 is 0. The van der Waals surface area contributed by atoms with Gasteiger partial charge in [-0.2, -0.15) is 0 Å². The van der Waals surface area contributed by atoms with E-state index in [-0.39, 0.29) is 18.9 Å². The van der Waals surface area contributed by atoms with Crippen molar-refractivity contribution >= 4 is 11.9 Å². The van der Waals surface area contributed by atoms with Crippen LogP contribution in [0.5, 0.6) is 0 Å². The molecule has 0 bridgehead atoms. The van der Waals surface area contributed by atoms with E-state index in [0.717, 1.165) is 0 Å². The van der Waals surface area contributed by atoms with Gasteiger partial charge in [0.1, 0.15) is 6.61 Å². The molecule has 0 radical (unpaired) electrons. The summed E-state index contributed by atoms with van der Waals surface area (Å²) in [5.74, 6) is -0.705. The molecule has 0 unspecified atom stereocenters. The van der Waals surface area contributed by atoms with Gasteiger partial charge in [0.15, 0.2) is 0 Å². The van der Waals surface area contributed by atoms with Crippen LogP contribution in [0, 0.1) is 0 Å². The third kappa shape index (κ3) is 6.79. The Bertz CT molecular complexity index is 146. The number of hydroxylamine groups is 1. The van der Waals surface area contributed by atoms with Crippen molar-refractivity contribution in [1.82, 2.24) is 5.48 Å². The van der Waals surface area contributed by atoms with Crippen LogP contribution in [0.3, 0.4) is 0 Å². The normalized spacial score (nSPS) is 8.91. The van der Waals surface area contributed by atoms with Crippen molar-refractivity contribution in [2.75, 3.05) is 13.7 Å². The minimum absolute atomic E-state index is 0.0878. The Morgan fingerprint density at radius 1 is 1.45 bits per heavy atom. The molecular weight excluding hydrogens is 150 g/mol. The molecule has 0 atom stereocenters. The van der Waals surface area contributed by atoms with E-state index < -0.39 is 5.97 Å². The fraction of sp³-hybridized carbons (Fsp3) is 0.667. The van der Waals surface area contributed by atoms with Crippen molar-refractivity contribution in [2.24, 2.45) is 0 Å². The van der Waals surface area contributed by atoms with Gasteiger partial charge in [0.05, 0.1) is 13.5 Å². The first-order valence-electron chi connectivity index (χ1n) is 3.12. The van der Waals surface area contributed by atoms with Gasteiger partial charge < -0.3 is 4.74 Å². The number of hydrogen-bond donors (Lipinski definition) is 1. The third-order valence-corrected chi connectivity index (χ3v) is 0.850. The molecule has 0 aromatic heterocycles. The average molecular weight is 161 g/mol. The van der Waals surface area contributed by atoms with Crippen LogP contribution in [-0.2, 0) is 19.2 Å². The monoisotopic (exact) mass is 161 g/mol. The summed E-state index contributed by atoms with van der Waals surface area (Å²) in [6, 6.07) is 0. The second-order valence-corrected chi connectivity index (χ2v) is 1.82. The van der Waals surface area contributed by atoms with Crippen LogP contribution in [0.15, 0.2) is 0 Å². The second kappa shape index (κ2) is 5.67. The van der Waals surface area contributed by atoms with Crippen molar-refractivity contribution in [1.29, 1.82) is 0 Å². The van der Waals surface area contributed by atoms with Gasteiger partial charge in [-0.15, -0.1) is 0 Å². The molecule has 0 rings (SSSR count). The Labute approximate surface area is 64.6 Å². The number of carbonyl (C=O) groups excluding carboxylic acids is 2. The van der Waals surface area contributed by atoms with Gasteiger partial charge in [0.2, 0.25) is 5.91 Å². The summed E-state index contributed by atoms with van der Waals surface area (Å²) in [4.78, 5) is 25.1. The summed E-state index contributed by atoms with van der Waals surface area (Å²) in [7, 11) is 1.34. The van der Waals surface area contributed by atoms with Gasteiger partial charge in [0, 0.05) is 6.92 Å². The molecule has 0 saturated heterocycles. The van der Waals surface area contributed by atoms with E-state index in [2.05, 4.69) is 15.1 Å². The Morgan fingerprint density at radius 3 is 2.55 bits per heavy atom. The van der Waals surface area contributed by atoms with Crippen molar-refractivity contribution in [2.45, 2.75) is 13.3 Å². The lowest BCUT2D eigenvalue weighted by Gasteiger charge is -2.01. The summed E-state index contributed by atoms with van der Waals surface area (Å²) < 4.78 is 4.50. The lowest BCUT2D eigenvalue weighted by Crippen LogP contribution is -2.23. The van der Waals surface area contributed by atoms with E-state index in [0.29, 0.717) is 0 Å². The number of esters is 1. The van der Waals surface area contributed by atoms with E-state index in [4.69, 9.17) is 0 Å². The van der Waals surface area contributed by atoms with Gasteiger partial charge in [-0.05, 0) is 0 Å². The number of hydrogen-bond acceptors (Lipinski definition) is 4. The summed E-state index contributed by atoms with van der Waals surface area (Å²) in [6.45, 7) is 1.37. The SMILES string of the molecule is CONC(=O)CCOC(C)=O. The van der Waals surface area contributed by atoms with Crippen LogP contribution in [-0.4, -0.2) is 25.6 Å². The molecule has 0 aliphatic heterocycles. The molecule has 0 heterocycles. The number of ether oxygens (including phenoxy) is 1. The molecule has 64 valence electrons. The van der Waals surface area contributed by atoms with Crippen LogP contribution in [0.1, 0.15) is 13.3 Å². The van der Waals surface area contributed by atoms with E-state index >= 15 is 0 Å². The number of nitrogens with one attached hydrogen (secondary N) is 1. The van der Waals surface area contributed by atoms with Gasteiger partial charge in [-0.1, -0.05) is 0 Å². The number of carbonyl (C=O) groups is 2. The first kappa shape index (κ1) is 9.90. The maximum Gasteiger partial charge on any atom is 0.302 e. The highest BCUT2D eigenvalue weighted by atomic mass is 16.6. The van der Waals surface area contributed by atoms with Crippen LogP contribution < -0.4 is 5.48 Å². The zero-order valence-corrected chi connectivity index (χ0v) is 6.55. The molecule has 0 fully saturated rings. The molecule has 0 saturated carbocycles. The first-order chi connectivity index (χ1) is 5.16. The van der Waals surface area contributed by atoms with Crippen molar-refractivity contribution < 1.29 is 19.2 Å². The Hall–Kier alpha value is -1.10. The summed E-state index contributed by atoms with van der Waals surface area (Å²) in [6.07, 6.45) is 0.118.